The molecule has 0 amide bonds. The van der Waals surface area contributed by atoms with Gasteiger partial charge in [-0.15, -0.1) is 0 Å². The first-order chi connectivity index (χ1) is 7.69. The molecule has 0 bridgehead atoms. The summed E-state index contributed by atoms with van der Waals surface area (Å²) in [6.45, 7) is 4.84. The van der Waals surface area contributed by atoms with Crippen LogP contribution in [0.1, 0.15) is 38.4 Å². The maximum atomic E-state index is 9.99. The molecule has 0 saturated heterocycles. The van der Waals surface area contributed by atoms with Gasteiger partial charge < -0.3 is 10.4 Å². The number of rotatable bonds is 6. The van der Waals surface area contributed by atoms with E-state index in [4.69, 9.17) is 11.6 Å². The van der Waals surface area contributed by atoms with E-state index < -0.39 is 6.10 Å². The summed E-state index contributed by atoms with van der Waals surface area (Å²) in [5, 5.41) is 14.0. The van der Waals surface area contributed by atoms with Crippen molar-refractivity contribution in [3.05, 3.63) is 34.9 Å². The molecular weight excluding hydrogens is 222 g/mol. The molecule has 0 aliphatic heterocycles. The normalized spacial score (nSPS) is 13.1. The molecule has 0 spiro atoms. The second-order valence-electron chi connectivity index (χ2n) is 3.96. The van der Waals surface area contributed by atoms with Crippen LogP contribution < -0.4 is 5.32 Å². The Kier molecular flexibility index (Phi) is 5.81. The minimum atomic E-state index is -0.533. The Hall–Kier alpha value is -0.570. The monoisotopic (exact) mass is 241 g/mol. The highest BCUT2D eigenvalue weighted by Crippen LogP contribution is 2.22. The molecule has 1 rings (SSSR count). The Labute approximate surface area is 103 Å². The average Bonchev–Trinajstić information content (AvgIpc) is 2.30. The van der Waals surface area contributed by atoms with Gasteiger partial charge in [-0.1, -0.05) is 43.6 Å². The van der Waals surface area contributed by atoms with Gasteiger partial charge in [0.05, 0.1) is 6.10 Å². The zero-order valence-electron chi connectivity index (χ0n) is 9.91. The Balaban J connectivity index is 2.52. The third-order valence-electron chi connectivity index (χ3n) is 2.85. The molecule has 0 fully saturated rings. The van der Waals surface area contributed by atoms with Crippen LogP contribution >= 0.6 is 11.6 Å². The second kappa shape index (κ2) is 6.89. The lowest BCUT2D eigenvalue weighted by atomic mass is 10.1. The molecule has 0 saturated carbocycles. The number of aliphatic hydroxyl groups is 1. The van der Waals surface area contributed by atoms with Crippen molar-refractivity contribution in [2.24, 2.45) is 0 Å². The van der Waals surface area contributed by atoms with Gasteiger partial charge in [0.25, 0.3) is 0 Å². The van der Waals surface area contributed by atoms with Crippen molar-refractivity contribution in [1.82, 2.24) is 5.32 Å². The minimum absolute atomic E-state index is 0.470. The average molecular weight is 242 g/mol. The van der Waals surface area contributed by atoms with Gasteiger partial charge in [-0.25, -0.2) is 0 Å². The van der Waals surface area contributed by atoms with Crippen molar-refractivity contribution in [2.45, 2.75) is 38.8 Å². The lowest BCUT2D eigenvalue weighted by molar-refractivity contribution is 0.169. The van der Waals surface area contributed by atoms with Gasteiger partial charge in [0.1, 0.15) is 0 Å². The molecule has 0 aromatic heterocycles. The fourth-order valence-electron chi connectivity index (χ4n) is 1.71. The summed E-state index contributed by atoms with van der Waals surface area (Å²) in [5.74, 6) is 0. The van der Waals surface area contributed by atoms with Gasteiger partial charge >= 0.3 is 0 Å². The molecular formula is C13H20ClNO. The van der Waals surface area contributed by atoms with E-state index in [1.54, 1.807) is 6.07 Å². The molecule has 3 heteroatoms. The molecule has 1 aromatic carbocycles. The van der Waals surface area contributed by atoms with Crippen LogP contribution in [0.3, 0.4) is 0 Å². The second-order valence-corrected chi connectivity index (χ2v) is 4.37. The van der Waals surface area contributed by atoms with Gasteiger partial charge in [0.15, 0.2) is 0 Å². The zero-order chi connectivity index (χ0) is 12.0. The van der Waals surface area contributed by atoms with E-state index in [1.807, 2.05) is 18.2 Å². The standard InChI is InChI=1S/C13H20ClNO/c1-3-10(4-2)15-9-13(16)11-7-5-6-8-12(11)14/h5-8,10,13,15-16H,3-4,9H2,1-2H3. The number of nitrogens with one attached hydrogen (secondary N) is 1. The molecule has 1 atom stereocenters. The van der Waals surface area contributed by atoms with Crippen LogP contribution in [0.25, 0.3) is 0 Å². The highest BCUT2D eigenvalue weighted by Gasteiger charge is 2.12. The molecule has 0 aliphatic carbocycles. The molecule has 2 N–H and O–H groups in total. The van der Waals surface area contributed by atoms with Crippen molar-refractivity contribution in [3.8, 4) is 0 Å². The fraction of sp³-hybridized carbons (Fsp3) is 0.538. The Morgan fingerprint density at radius 2 is 1.88 bits per heavy atom. The van der Waals surface area contributed by atoms with Crippen LogP contribution in [-0.2, 0) is 0 Å². The van der Waals surface area contributed by atoms with Crippen LogP contribution in [0, 0.1) is 0 Å². The van der Waals surface area contributed by atoms with E-state index >= 15 is 0 Å². The molecule has 16 heavy (non-hydrogen) atoms. The van der Waals surface area contributed by atoms with E-state index in [2.05, 4.69) is 19.2 Å². The summed E-state index contributed by atoms with van der Waals surface area (Å²) in [5.41, 5.74) is 0.794. The van der Waals surface area contributed by atoms with Crippen LogP contribution in [0.15, 0.2) is 24.3 Å². The van der Waals surface area contributed by atoms with Gasteiger partial charge in [-0.2, -0.15) is 0 Å². The predicted octanol–water partition coefficient (Wildman–Crippen LogP) is 3.15. The first-order valence-electron chi connectivity index (χ1n) is 5.84. The zero-order valence-corrected chi connectivity index (χ0v) is 10.7. The first-order valence-corrected chi connectivity index (χ1v) is 6.22. The number of halogens is 1. The molecule has 90 valence electrons. The molecule has 0 radical (unpaired) electrons. The summed E-state index contributed by atoms with van der Waals surface area (Å²) in [4.78, 5) is 0. The van der Waals surface area contributed by atoms with Gasteiger partial charge in [0, 0.05) is 23.2 Å². The summed E-state index contributed by atoms with van der Waals surface area (Å²) in [6.07, 6.45) is 1.62. The van der Waals surface area contributed by atoms with Gasteiger partial charge in [0.2, 0.25) is 0 Å². The highest BCUT2D eigenvalue weighted by molar-refractivity contribution is 6.31. The van der Waals surface area contributed by atoms with Crippen molar-refractivity contribution >= 4 is 11.6 Å². The van der Waals surface area contributed by atoms with Crippen molar-refractivity contribution in [2.75, 3.05) is 6.54 Å². The maximum absolute atomic E-state index is 9.99. The molecule has 0 aliphatic rings. The van der Waals surface area contributed by atoms with Crippen LogP contribution in [0.5, 0.6) is 0 Å². The SMILES string of the molecule is CCC(CC)NCC(O)c1ccccc1Cl. The smallest absolute Gasteiger partial charge is 0.0928 e. The summed E-state index contributed by atoms with van der Waals surface area (Å²) in [6, 6.07) is 7.89. The molecule has 1 unspecified atom stereocenters. The predicted molar refractivity (Wildman–Crippen MR) is 68.8 cm³/mol. The molecule has 2 nitrogen and oxygen atoms in total. The van der Waals surface area contributed by atoms with Crippen LogP contribution in [-0.4, -0.2) is 17.7 Å². The Morgan fingerprint density at radius 1 is 1.25 bits per heavy atom. The van der Waals surface area contributed by atoms with Crippen molar-refractivity contribution in [1.29, 1.82) is 0 Å². The lowest BCUT2D eigenvalue weighted by Gasteiger charge is -2.18. The quantitative estimate of drug-likeness (QED) is 0.802. The highest BCUT2D eigenvalue weighted by atomic mass is 35.5. The van der Waals surface area contributed by atoms with Crippen molar-refractivity contribution < 1.29 is 5.11 Å². The van der Waals surface area contributed by atoms with E-state index in [-0.39, 0.29) is 0 Å². The van der Waals surface area contributed by atoms with Crippen LogP contribution in [0.2, 0.25) is 5.02 Å². The summed E-state index contributed by atoms with van der Waals surface area (Å²) in [7, 11) is 0. The first kappa shape index (κ1) is 13.5. The number of aliphatic hydroxyl groups excluding tert-OH is 1. The van der Waals surface area contributed by atoms with E-state index in [1.165, 1.54) is 0 Å². The number of hydrogen-bond acceptors (Lipinski definition) is 2. The fourth-order valence-corrected chi connectivity index (χ4v) is 1.97. The summed E-state index contributed by atoms with van der Waals surface area (Å²) >= 11 is 6.01. The number of hydrogen-bond donors (Lipinski definition) is 2. The van der Waals surface area contributed by atoms with E-state index in [0.717, 1.165) is 18.4 Å². The maximum Gasteiger partial charge on any atom is 0.0928 e. The molecule has 1 aromatic rings. The van der Waals surface area contributed by atoms with Gasteiger partial charge in [-0.05, 0) is 18.9 Å². The van der Waals surface area contributed by atoms with Crippen molar-refractivity contribution in [3.63, 3.8) is 0 Å². The largest absolute Gasteiger partial charge is 0.387 e. The summed E-state index contributed by atoms with van der Waals surface area (Å²) < 4.78 is 0. The van der Waals surface area contributed by atoms with Crippen LogP contribution in [0.4, 0.5) is 0 Å². The van der Waals surface area contributed by atoms with Gasteiger partial charge in [-0.3, -0.25) is 0 Å². The topological polar surface area (TPSA) is 32.3 Å². The Morgan fingerprint density at radius 3 is 2.44 bits per heavy atom. The minimum Gasteiger partial charge on any atom is -0.387 e. The lowest BCUT2D eigenvalue weighted by Crippen LogP contribution is -2.31. The number of benzene rings is 1. The third-order valence-corrected chi connectivity index (χ3v) is 3.19. The Bertz CT molecular complexity index is 313. The third kappa shape index (κ3) is 3.78. The van der Waals surface area contributed by atoms with E-state index in [9.17, 15) is 5.11 Å². The molecule has 0 heterocycles. The van der Waals surface area contributed by atoms with E-state index in [0.29, 0.717) is 17.6 Å².